The van der Waals surface area contributed by atoms with Crippen molar-refractivity contribution >= 4 is 17.8 Å². The number of carbonyl (C=O) groups is 3. The summed E-state index contributed by atoms with van der Waals surface area (Å²) >= 11 is 0. The van der Waals surface area contributed by atoms with Crippen molar-refractivity contribution in [3.05, 3.63) is 77.6 Å². The van der Waals surface area contributed by atoms with Crippen LogP contribution in [-0.2, 0) is 22.6 Å². The molecule has 0 radical (unpaired) electrons. The van der Waals surface area contributed by atoms with Crippen molar-refractivity contribution in [2.45, 2.75) is 26.8 Å². The van der Waals surface area contributed by atoms with Crippen LogP contribution < -0.4 is 25.3 Å². The number of carboxylic acid groups (broad SMARTS) is 2. The summed E-state index contributed by atoms with van der Waals surface area (Å²) in [5, 5.41) is 17.7. The molecule has 3 aromatic rings. The molecular weight excluding hydrogens is 494 g/mol. The van der Waals surface area contributed by atoms with Crippen LogP contribution in [0.4, 0.5) is 0 Å². The zero-order chi connectivity index (χ0) is 28.5. The number of ether oxygens (including phenoxy) is 3. The molecule has 0 saturated heterocycles. The molecule has 2 aromatic carbocycles. The van der Waals surface area contributed by atoms with E-state index in [-0.39, 0.29) is 5.91 Å². The summed E-state index contributed by atoms with van der Waals surface area (Å²) in [5.74, 6) is 0.163. The first-order chi connectivity index (χ1) is 18.1. The number of nitrogens with one attached hydrogen (secondary N) is 1. The first-order valence-corrected chi connectivity index (χ1v) is 11.4. The van der Waals surface area contributed by atoms with Gasteiger partial charge in [0.1, 0.15) is 0 Å². The highest BCUT2D eigenvalue weighted by atomic mass is 16.5. The van der Waals surface area contributed by atoms with Gasteiger partial charge in [0, 0.05) is 44.9 Å². The summed E-state index contributed by atoms with van der Waals surface area (Å²) in [5.41, 5.74) is 8.16. The Morgan fingerprint density at radius 2 is 1.45 bits per heavy atom. The zero-order valence-corrected chi connectivity index (χ0v) is 21.8. The molecule has 0 spiro atoms. The molecular formula is C27H33N3O8. The zero-order valence-electron chi connectivity index (χ0n) is 21.8. The van der Waals surface area contributed by atoms with E-state index in [9.17, 15) is 4.79 Å². The van der Waals surface area contributed by atoms with Gasteiger partial charge in [0.15, 0.2) is 23.0 Å². The number of aromatic nitrogens is 1. The summed E-state index contributed by atoms with van der Waals surface area (Å²) < 4.78 is 16.8. The SMILES string of the molecule is CC(=O)O.CC(=O)O.COc1cc(CN)ccc1Oc1ccc(C(=O)NCCc2cccnc2)cc1OC. The summed E-state index contributed by atoms with van der Waals surface area (Å²) in [6.45, 7) is 3.08. The van der Waals surface area contributed by atoms with Crippen molar-refractivity contribution in [3.63, 3.8) is 0 Å². The lowest BCUT2D eigenvalue weighted by Crippen LogP contribution is -2.25. The van der Waals surface area contributed by atoms with Gasteiger partial charge in [-0.3, -0.25) is 19.4 Å². The van der Waals surface area contributed by atoms with E-state index < -0.39 is 11.9 Å². The fourth-order valence-corrected chi connectivity index (χ4v) is 2.90. The molecule has 0 saturated carbocycles. The van der Waals surface area contributed by atoms with Crippen molar-refractivity contribution in [3.8, 4) is 23.0 Å². The van der Waals surface area contributed by atoms with Gasteiger partial charge in [-0.2, -0.15) is 0 Å². The Bertz CT molecular complexity index is 1170. The lowest BCUT2D eigenvalue weighted by molar-refractivity contribution is -0.135. The number of benzene rings is 2. The lowest BCUT2D eigenvalue weighted by Gasteiger charge is -2.15. The first-order valence-electron chi connectivity index (χ1n) is 11.4. The summed E-state index contributed by atoms with van der Waals surface area (Å²) in [7, 11) is 3.10. The van der Waals surface area contributed by atoms with Crippen LogP contribution in [0.2, 0.25) is 0 Å². The van der Waals surface area contributed by atoms with E-state index in [0.717, 1.165) is 25.0 Å². The maximum absolute atomic E-state index is 12.5. The van der Waals surface area contributed by atoms with Gasteiger partial charge >= 0.3 is 0 Å². The quantitative estimate of drug-likeness (QED) is 0.323. The van der Waals surface area contributed by atoms with E-state index in [4.69, 9.17) is 39.7 Å². The average Bonchev–Trinajstić information content (AvgIpc) is 2.89. The Kier molecular flexibility index (Phi) is 14.0. The molecule has 0 aliphatic rings. The molecule has 38 heavy (non-hydrogen) atoms. The molecule has 1 aromatic heterocycles. The molecule has 11 nitrogen and oxygen atoms in total. The predicted octanol–water partition coefficient (Wildman–Crippen LogP) is 3.50. The number of amides is 1. The second kappa shape index (κ2) is 16.9. The number of aliphatic carboxylic acids is 2. The third-order valence-corrected chi connectivity index (χ3v) is 4.53. The molecule has 0 fully saturated rings. The van der Waals surface area contributed by atoms with Gasteiger partial charge in [0.25, 0.3) is 17.8 Å². The smallest absolute Gasteiger partial charge is 0.300 e. The van der Waals surface area contributed by atoms with E-state index in [1.807, 2.05) is 24.3 Å². The van der Waals surface area contributed by atoms with Gasteiger partial charge in [0.05, 0.1) is 14.2 Å². The summed E-state index contributed by atoms with van der Waals surface area (Å²) in [6, 6.07) is 14.4. The minimum atomic E-state index is -0.833. The molecule has 0 unspecified atom stereocenters. The summed E-state index contributed by atoms with van der Waals surface area (Å²) in [6.07, 6.45) is 4.21. The number of carbonyl (C=O) groups excluding carboxylic acids is 1. The second-order valence-electron chi connectivity index (χ2n) is 7.56. The van der Waals surface area contributed by atoms with E-state index in [2.05, 4.69) is 10.3 Å². The summed E-state index contributed by atoms with van der Waals surface area (Å²) in [4.78, 5) is 34.6. The van der Waals surface area contributed by atoms with Gasteiger partial charge in [-0.25, -0.2) is 0 Å². The number of hydrogen-bond donors (Lipinski definition) is 4. The maximum atomic E-state index is 12.5. The second-order valence-corrected chi connectivity index (χ2v) is 7.56. The molecule has 0 atom stereocenters. The van der Waals surface area contributed by atoms with Crippen LogP contribution in [-0.4, -0.2) is 53.8 Å². The molecule has 11 heteroatoms. The van der Waals surface area contributed by atoms with Crippen LogP contribution in [0.1, 0.15) is 35.3 Å². The van der Waals surface area contributed by atoms with Gasteiger partial charge in [-0.15, -0.1) is 0 Å². The highest BCUT2D eigenvalue weighted by Gasteiger charge is 2.14. The van der Waals surface area contributed by atoms with E-state index in [0.29, 0.717) is 48.1 Å². The molecule has 0 aliphatic heterocycles. The molecule has 5 N–H and O–H groups in total. The Morgan fingerprint density at radius 1 is 0.868 bits per heavy atom. The van der Waals surface area contributed by atoms with Crippen LogP contribution >= 0.6 is 0 Å². The normalized spacial score (nSPS) is 9.50. The number of pyridine rings is 1. The molecule has 1 heterocycles. The topological polar surface area (TPSA) is 170 Å². The van der Waals surface area contributed by atoms with Crippen LogP contribution in [0.25, 0.3) is 0 Å². The molecule has 3 rings (SSSR count). The molecule has 204 valence electrons. The molecule has 0 aliphatic carbocycles. The molecule has 0 bridgehead atoms. The Balaban J connectivity index is 0.000000794. The third kappa shape index (κ3) is 11.9. The van der Waals surface area contributed by atoms with E-state index >= 15 is 0 Å². The average molecular weight is 528 g/mol. The van der Waals surface area contributed by atoms with Crippen LogP contribution in [0.5, 0.6) is 23.0 Å². The van der Waals surface area contributed by atoms with Gasteiger partial charge in [-0.05, 0) is 53.9 Å². The number of carboxylic acids is 2. The number of hydrogen-bond acceptors (Lipinski definition) is 8. The largest absolute Gasteiger partial charge is 0.493 e. The lowest BCUT2D eigenvalue weighted by atomic mass is 10.1. The predicted molar refractivity (Wildman–Crippen MR) is 141 cm³/mol. The third-order valence-electron chi connectivity index (χ3n) is 4.53. The number of rotatable bonds is 9. The standard InChI is InChI=1S/C23H25N3O4.2C2H4O2/c1-28-21-12-17(14-24)5-7-19(21)30-20-8-6-18(13-22(20)29-2)23(27)26-11-9-16-4-3-10-25-15-16;2*1-2(3)4/h3-8,10,12-13,15H,9,11,14,24H2,1-2H3,(H,26,27);2*1H3,(H,3,4). The van der Waals surface area contributed by atoms with Crippen molar-refractivity contribution in [1.29, 1.82) is 0 Å². The number of nitrogens with zero attached hydrogens (tertiary/aromatic N) is 1. The fraction of sp³-hybridized carbons (Fsp3) is 0.259. The van der Waals surface area contributed by atoms with Crippen LogP contribution in [0.3, 0.4) is 0 Å². The van der Waals surface area contributed by atoms with E-state index in [1.54, 1.807) is 43.8 Å². The Morgan fingerprint density at radius 3 is 1.97 bits per heavy atom. The Hall–Kier alpha value is -4.64. The number of methoxy groups -OCH3 is 2. The monoisotopic (exact) mass is 527 g/mol. The molecule has 1 amide bonds. The van der Waals surface area contributed by atoms with Crippen molar-refractivity contribution in [2.75, 3.05) is 20.8 Å². The highest BCUT2D eigenvalue weighted by molar-refractivity contribution is 5.94. The van der Waals surface area contributed by atoms with Gasteiger partial charge in [-0.1, -0.05) is 12.1 Å². The van der Waals surface area contributed by atoms with Crippen molar-refractivity contribution in [2.24, 2.45) is 5.73 Å². The maximum Gasteiger partial charge on any atom is 0.300 e. The van der Waals surface area contributed by atoms with Crippen molar-refractivity contribution in [1.82, 2.24) is 10.3 Å². The first kappa shape index (κ1) is 31.4. The van der Waals surface area contributed by atoms with Crippen molar-refractivity contribution < 1.29 is 38.8 Å². The number of nitrogens with two attached hydrogens (primary N) is 1. The Labute approximate surface area is 221 Å². The minimum Gasteiger partial charge on any atom is -0.493 e. The van der Waals surface area contributed by atoms with Gasteiger partial charge in [0.2, 0.25) is 0 Å². The highest BCUT2D eigenvalue weighted by Crippen LogP contribution is 2.37. The minimum absolute atomic E-state index is 0.186. The van der Waals surface area contributed by atoms with Gasteiger partial charge < -0.3 is 35.5 Å². The van der Waals surface area contributed by atoms with E-state index in [1.165, 1.54) is 7.11 Å². The fourth-order valence-electron chi connectivity index (χ4n) is 2.90. The van der Waals surface area contributed by atoms with Crippen LogP contribution in [0.15, 0.2) is 60.9 Å². The van der Waals surface area contributed by atoms with Crippen LogP contribution in [0, 0.1) is 0 Å².